The fourth-order valence-corrected chi connectivity index (χ4v) is 2.77. The van der Waals surface area contributed by atoms with E-state index in [1.54, 1.807) is 10.9 Å². The van der Waals surface area contributed by atoms with Crippen LogP contribution in [0.15, 0.2) is 54.7 Å². The van der Waals surface area contributed by atoms with E-state index in [1.165, 1.54) is 0 Å². The van der Waals surface area contributed by atoms with Gasteiger partial charge in [0, 0.05) is 11.6 Å². The minimum atomic E-state index is -0.161. The minimum absolute atomic E-state index is 0.161. The van der Waals surface area contributed by atoms with Gasteiger partial charge >= 0.3 is 0 Å². The maximum atomic E-state index is 12.5. The zero-order valence-electron chi connectivity index (χ0n) is 13.6. The van der Waals surface area contributed by atoms with Crippen LogP contribution in [0.2, 0.25) is 5.02 Å². The Labute approximate surface area is 146 Å². The van der Waals surface area contributed by atoms with Gasteiger partial charge in [-0.25, -0.2) is 4.68 Å². The normalized spacial score (nSPS) is 10.6. The quantitative estimate of drug-likeness (QED) is 0.778. The van der Waals surface area contributed by atoms with Crippen LogP contribution in [0.4, 0.5) is 0 Å². The van der Waals surface area contributed by atoms with E-state index in [-0.39, 0.29) is 5.91 Å². The number of nitrogens with one attached hydrogen (secondary N) is 1. The van der Waals surface area contributed by atoms with Gasteiger partial charge < -0.3 is 5.32 Å². The Hall–Kier alpha value is -2.59. The minimum Gasteiger partial charge on any atom is -0.348 e. The fraction of sp³-hybridized carbons (Fsp3) is 0.158. The maximum absolute atomic E-state index is 12.5. The van der Waals surface area contributed by atoms with Crippen molar-refractivity contribution < 1.29 is 4.79 Å². The lowest BCUT2D eigenvalue weighted by Gasteiger charge is -2.08. The first-order valence-corrected chi connectivity index (χ1v) is 8.07. The molecule has 0 bridgehead atoms. The van der Waals surface area contributed by atoms with Crippen LogP contribution in [-0.4, -0.2) is 15.7 Å². The third kappa shape index (κ3) is 3.34. The number of benzene rings is 2. The molecule has 3 rings (SSSR count). The Balaban J connectivity index is 1.78. The molecule has 0 aliphatic carbocycles. The van der Waals surface area contributed by atoms with Crippen LogP contribution in [-0.2, 0) is 6.54 Å². The van der Waals surface area contributed by atoms with Gasteiger partial charge in [0.25, 0.3) is 5.91 Å². The second-order valence-electron chi connectivity index (χ2n) is 5.67. The summed E-state index contributed by atoms with van der Waals surface area (Å²) < 4.78 is 1.78. The van der Waals surface area contributed by atoms with E-state index >= 15 is 0 Å². The summed E-state index contributed by atoms with van der Waals surface area (Å²) in [6.07, 6.45) is 1.60. The van der Waals surface area contributed by atoms with Gasteiger partial charge in [-0.15, -0.1) is 0 Å². The van der Waals surface area contributed by atoms with Gasteiger partial charge in [0.15, 0.2) is 0 Å². The predicted octanol–water partition coefficient (Wildman–Crippen LogP) is 4.07. The summed E-state index contributed by atoms with van der Waals surface area (Å²) in [6, 6.07) is 15.5. The molecule has 1 heterocycles. The molecule has 1 amide bonds. The van der Waals surface area contributed by atoms with Crippen molar-refractivity contribution in [1.29, 1.82) is 0 Å². The molecule has 1 N–H and O–H groups in total. The van der Waals surface area contributed by atoms with E-state index in [9.17, 15) is 4.79 Å². The van der Waals surface area contributed by atoms with Crippen molar-refractivity contribution in [2.45, 2.75) is 20.4 Å². The number of halogens is 1. The van der Waals surface area contributed by atoms with Crippen LogP contribution in [0.3, 0.4) is 0 Å². The number of carbonyl (C=O) groups is 1. The van der Waals surface area contributed by atoms with Crippen LogP contribution >= 0.6 is 11.6 Å². The highest BCUT2D eigenvalue weighted by atomic mass is 35.5. The van der Waals surface area contributed by atoms with Gasteiger partial charge in [-0.2, -0.15) is 5.10 Å². The number of amides is 1. The average molecular weight is 340 g/mol. The molecule has 0 saturated carbocycles. The van der Waals surface area contributed by atoms with Crippen LogP contribution in [0.5, 0.6) is 0 Å². The molecule has 5 heteroatoms. The molecule has 0 unspecified atom stereocenters. The molecule has 0 aliphatic heterocycles. The standard InChI is InChI=1S/C19H18ClN3O/c1-13-6-5-8-16(10-13)23-14(2)17(12-22-23)19(24)21-11-15-7-3-4-9-18(15)20/h3-10,12H,11H2,1-2H3,(H,21,24). The van der Waals surface area contributed by atoms with Crippen LogP contribution in [0.1, 0.15) is 27.2 Å². The van der Waals surface area contributed by atoms with E-state index in [1.807, 2.05) is 62.4 Å². The SMILES string of the molecule is Cc1cccc(-n2ncc(C(=O)NCc3ccccc3Cl)c2C)c1. The third-order valence-corrected chi connectivity index (χ3v) is 4.27. The average Bonchev–Trinajstić information content (AvgIpc) is 2.95. The molecule has 0 saturated heterocycles. The molecule has 2 aromatic carbocycles. The number of hydrogen-bond acceptors (Lipinski definition) is 2. The molecule has 0 radical (unpaired) electrons. The summed E-state index contributed by atoms with van der Waals surface area (Å²) in [6.45, 7) is 4.30. The zero-order chi connectivity index (χ0) is 17.1. The van der Waals surface area contributed by atoms with E-state index in [0.29, 0.717) is 17.1 Å². The van der Waals surface area contributed by atoms with Gasteiger partial charge in [-0.05, 0) is 43.2 Å². The molecular formula is C19H18ClN3O. The third-order valence-electron chi connectivity index (χ3n) is 3.90. The molecule has 122 valence electrons. The van der Waals surface area contributed by atoms with E-state index in [2.05, 4.69) is 10.4 Å². The van der Waals surface area contributed by atoms with Gasteiger partial charge in [0.1, 0.15) is 0 Å². The van der Waals surface area contributed by atoms with Crippen molar-refractivity contribution in [3.8, 4) is 5.69 Å². The first kappa shape index (κ1) is 16.3. The molecule has 0 atom stereocenters. The second kappa shape index (κ2) is 6.89. The molecule has 0 spiro atoms. The van der Waals surface area contributed by atoms with E-state index in [4.69, 9.17) is 11.6 Å². The van der Waals surface area contributed by atoms with Crippen molar-refractivity contribution in [3.63, 3.8) is 0 Å². The maximum Gasteiger partial charge on any atom is 0.255 e. The molecule has 0 aliphatic rings. The molecule has 3 aromatic rings. The summed E-state index contributed by atoms with van der Waals surface area (Å²) in [5.41, 5.74) is 4.34. The number of carbonyl (C=O) groups excluding carboxylic acids is 1. The number of hydrogen-bond donors (Lipinski definition) is 1. The lowest BCUT2D eigenvalue weighted by Crippen LogP contribution is -2.23. The highest BCUT2D eigenvalue weighted by Gasteiger charge is 2.15. The summed E-state index contributed by atoms with van der Waals surface area (Å²) in [4.78, 5) is 12.5. The Kier molecular flexibility index (Phi) is 4.67. The topological polar surface area (TPSA) is 46.9 Å². The Morgan fingerprint density at radius 2 is 1.96 bits per heavy atom. The van der Waals surface area contributed by atoms with Crippen molar-refractivity contribution in [2.24, 2.45) is 0 Å². The summed E-state index contributed by atoms with van der Waals surface area (Å²) in [7, 11) is 0. The lowest BCUT2D eigenvalue weighted by molar-refractivity contribution is 0.0950. The second-order valence-corrected chi connectivity index (χ2v) is 6.08. The van der Waals surface area contributed by atoms with Crippen LogP contribution in [0, 0.1) is 13.8 Å². The smallest absolute Gasteiger partial charge is 0.255 e. The number of rotatable bonds is 4. The largest absolute Gasteiger partial charge is 0.348 e. The fourth-order valence-electron chi connectivity index (χ4n) is 2.57. The van der Waals surface area contributed by atoms with Crippen molar-refractivity contribution in [1.82, 2.24) is 15.1 Å². The Morgan fingerprint density at radius 3 is 2.71 bits per heavy atom. The molecular weight excluding hydrogens is 322 g/mol. The molecule has 24 heavy (non-hydrogen) atoms. The molecule has 0 fully saturated rings. The highest BCUT2D eigenvalue weighted by Crippen LogP contribution is 2.17. The van der Waals surface area contributed by atoms with Crippen molar-refractivity contribution >= 4 is 17.5 Å². The Morgan fingerprint density at radius 1 is 1.17 bits per heavy atom. The monoisotopic (exact) mass is 339 g/mol. The van der Waals surface area contributed by atoms with Crippen LogP contribution in [0.25, 0.3) is 5.69 Å². The number of aromatic nitrogens is 2. The van der Waals surface area contributed by atoms with Crippen molar-refractivity contribution in [2.75, 3.05) is 0 Å². The van der Waals surface area contributed by atoms with Crippen LogP contribution < -0.4 is 5.32 Å². The Bertz CT molecular complexity index is 886. The number of aryl methyl sites for hydroxylation is 1. The zero-order valence-corrected chi connectivity index (χ0v) is 14.3. The highest BCUT2D eigenvalue weighted by molar-refractivity contribution is 6.31. The van der Waals surface area contributed by atoms with Crippen molar-refractivity contribution in [3.05, 3.63) is 82.1 Å². The van der Waals surface area contributed by atoms with E-state index in [0.717, 1.165) is 22.5 Å². The molecule has 1 aromatic heterocycles. The predicted molar refractivity (Wildman–Crippen MR) is 95.7 cm³/mol. The summed E-state index contributed by atoms with van der Waals surface area (Å²) in [5, 5.41) is 7.89. The summed E-state index contributed by atoms with van der Waals surface area (Å²) in [5.74, 6) is -0.161. The van der Waals surface area contributed by atoms with Gasteiger partial charge in [0.2, 0.25) is 0 Å². The first-order valence-electron chi connectivity index (χ1n) is 7.69. The summed E-state index contributed by atoms with van der Waals surface area (Å²) >= 11 is 6.12. The van der Waals surface area contributed by atoms with Gasteiger partial charge in [-0.1, -0.05) is 41.9 Å². The number of nitrogens with zero attached hydrogens (tertiary/aromatic N) is 2. The first-order chi connectivity index (χ1) is 11.6. The van der Waals surface area contributed by atoms with Gasteiger partial charge in [0.05, 0.1) is 23.1 Å². The molecule has 4 nitrogen and oxygen atoms in total. The van der Waals surface area contributed by atoms with Gasteiger partial charge in [-0.3, -0.25) is 4.79 Å². The van der Waals surface area contributed by atoms with E-state index < -0.39 is 0 Å². The lowest BCUT2D eigenvalue weighted by atomic mass is 10.2.